The predicted octanol–water partition coefficient (Wildman–Crippen LogP) is 4.04. The van der Waals surface area contributed by atoms with Crippen molar-refractivity contribution in [2.75, 3.05) is 11.9 Å². The van der Waals surface area contributed by atoms with Gasteiger partial charge in [0.05, 0.1) is 12.2 Å². The Morgan fingerprint density at radius 2 is 2.05 bits per heavy atom. The molecule has 1 aromatic heterocycles. The number of nitrogens with zero attached hydrogens (tertiary/aromatic N) is 1. The molecule has 1 heterocycles. The second-order valence-corrected chi connectivity index (χ2v) is 6.79. The van der Waals surface area contributed by atoms with Crippen molar-refractivity contribution in [3.63, 3.8) is 0 Å². The Morgan fingerprint density at radius 1 is 1.41 bits per heavy atom. The molecule has 0 spiro atoms. The number of anilines is 1. The van der Waals surface area contributed by atoms with E-state index >= 15 is 0 Å². The monoisotopic (exact) mass is 388 g/mol. The standard InChI is InChI=1S/C14H17BrN2O4S/c1-5-20-12(18)10-8(6-15)9(7-16)11(22-10)17-13(19)21-14(2,3)4/h5-6H2,1-4H3,(H,17,19). The van der Waals surface area contributed by atoms with Crippen LogP contribution >= 0.6 is 27.3 Å². The lowest BCUT2D eigenvalue weighted by Gasteiger charge is -2.19. The van der Waals surface area contributed by atoms with Gasteiger partial charge in [0.25, 0.3) is 0 Å². The van der Waals surface area contributed by atoms with Gasteiger partial charge in [-0.15, -0.1) is 11.3 Å². The van der Waals surface area contributed by atoms with Crippen molar-refractivity contribution in [1.29, 1.82) is 5.26 Å². The van der Waals surface area contributed by atoms with Gasteiger partial charge in [0, 0.05) is 10.9 Å². The Kier molecular flexibility index (Phi) is 6.38. The van der Waals surface area contributed by atoms with Crippen LogP contribution in [0.15, 0.2) is 0 Å². The van der Waals surface area contributed by atoms with Gasteiger partial charge in [-0.1, -0.05) is 15.9 Å². The van der Waals surface area contributed by atoms with Crippen LogP contribution in [-0.2, 0) is 14.8 Å². The number of rotatable bonds is 4. The second-order valence-electron chi connectivity index (χ2n) is 5.21. The SMILES string of the molecule is CCOC(=O)c1sc(NC(=O)OC(C)(C)C)c(C#N)c1CBr. The number of esters is 1. The zero-order chi connectivity index (χ0) is 16.9. The van der Waals surface area contributed by atoms with Crippen molar-refractivity contribution in [3.05, 3.63) is 16.0 Å². The van der Waals surface area contributed by atoms with Crippen LogP contribution in [0.1, 0.15) is 48.5 Å². The summed E-state index contributed by atoms with van der Waals surface area (Å²) in [4.78, 5) is 24.1. The van der Waals surface area contributed by atoms with E-state index in [1.807, 2.05) is 6.07 Å². The van der Waals surface area contributed by atoms with Gasteiger partial charge >= 0.3 is 12.1 Å². The van der Waals surface area contributed by atoms with Crippen LogP contribution in [0, 0.1) is 11.3 Å². The minimum atomic E-state index is -0.679. The molecule has 1 rings (SSSR count). The summed E-state index contributed by atoms with van der Waals surface area (Å²) in [6.07, 6.45) is -0.679. The molecule has 0 aliphatic carbocycles. The summed E-state index contributed by atoms with van der Waals surface area (Å²) < 4.78 is 10.1. The number of nitriles is 1. The fourth-order valence-electron chi connectivity index (χ4n) is 1.56. The molecule has 22 heavy (non-hydrogen) atoms. The van der Waals surface area contributed by atoms with Gasteiger partial charge in [0.15, 0.2) is 0 Å². The van der Waals surface area contributed by atoms with Crippen molar-refractivity contribution in [1.82, 2.24) is 0 Å². The molecule has 0 aromatic carbocycles. The normalized spacial score (nSPS) is 10.7. The minimum Gasteiger partial charge on any atom is -0.462 e. The number of carbonyl (C=O) groups excluding carboxylic acids is 2. The van der Waals surface area contributed by atoms with E-state index in [1.165, 1.54) is 0 Å². The second kappa shape index (κ2) is 7.61. The molecule has 0 saturated carbocycles. The predicted molar refractivity (Wildman–Crippen MR) is 87.5 cm³/mol. The number of halogens is 1. The summed E-state index contributed by atoms with van der Waals surface area (Å²) in [6.45, 7) is 7.14. The van der Waals surface area contributed by atoms with Gasteiger partial charge in [-0.3, -0.25) is 5.32 Å². The van der Waals surface area contributed by atoms with E-state index in [0.29, 0.717) is 15.8 Å². The summed E-state index contributed by atoms with van der Waals surface area (Å²) in [5.41, 5.74) is 0.0731. The average molecular weight is 389 g/mol. The van der Waals surface area contributed by atoms with Gasteiger partial charge < -0.3 is 9.47 Å². The summed E-state index contributed by atoms with van der Waals surface area (Å²) in [5, 5.41) is 12.4. The molecule has 6 nitrogen and oxygen atoms in total. The molecule has 0 saturated heterocycles. The van der Waals surface area contributed by atoms with E-state index in [1.54, 1.807) is 27.7 Å². The van der Waals surface area contributed by atoms with Crippen LogP contribution < -0.4 is 5.32 Å². The molecular weight excluding hydrogens is 372 g/mol. The molecule has 0 atom stereocenters. The van der Waals surface area contributed by atoms with Crippen LogP contribution in [0.4, 0.5) is 9.80 Å². The van der Waals surface area contributed by atoms with Gasteiger partial charge in [-0.2, -0.15) is 5.26 Å². The highest BCUT2D eigenvalue weighted by atomic mass is 79.9. The van der Waals surface area contributed by atoms with Crippen molar-refractivity contribution in [3.8, 4) is 6.07 Å². The first-order valence-corrected chi connectivity index (χ1v) is 8.46. The fraction of sp³-hybridized carbons (Fsp3) is 0.500. The maximum atomic E-state index is 11.9. The molecule has 1 amide bonds. The molecule has 8 heteroatoms. The third-order valence-corrected chi connectivity index (χ3v) is 4.02. The molecule has 0 aliphatic heterocycles. The lowest BCUT2D eigenvalue weighted by atomic mass is 10.2. The number of thiophene rings is 1. The van der Waals surface area contributed by atoms with Crippen LogP contribution in [-0.4, -0.2) is 24.3 Å². The number of hydrogen-bond acceptors (Lipinski definition) is 6. The largest absolute Gasteiger partial charge is 0.462 e. The summed E-state index contributed by atoms with van der Waals surface area (Å²) in [5.74, 6) is -0.518. The Bertz CT molecular complexity index is 614. The van der Waals surface area contributed by atoms with E-state index in [-0.39, 0.29) is 17.2 Å². The summed E-state index contributed by atoms with van der Waals surface area (Å²) in [6, 6.07) is 2.00. The van der Waals surface area contributed by atoms with Crippen molar-refractivity contribution < 1.29 is 19.1 Å². The summed E-state index contributed by atoms with van der Waals surface area (Å²) in [7, 11) is 0. The average Bonchev–Trinajstić information content (AvgIpc) is 2.74. The topological polar surface area (TPSA) is 88.4 Å². The van der Waals surface area contributed by atoms with Gasteiger partial charge in [-0.25, -0.2) is 9.59 Å². The minimum absolute atomic E-state index is 0.231. The zero-order valence-corrected chi connectivity index (χ0v) is 15.2. The third-order valence-electron chi connectivity index (χ3n) is 2.33. The quantitative estimate of drug-likeness (QED) is 0.620. The lowest BCUT2D eigenvalue weighted by molar-refractivity contribution is 0.0530. The van der Waals surface area contributed by atoms with Crippen molar-refractivity contribution in [2.24, 2.45) is 0 Å². The molecule has 0 bridgehead atoms. The van der Waals surface area contributed by atoms with Crippen LogP contribution in [0.3, 0.4) is 0 Å². The molecule has 0 unspecified atom stereocenters. The number of carbonyl (C=O) groups is 2. The molecule has 0 aliphatic rings. The first-order valence-electron chi connectivity index (χ1n) is 6.52. The van der Waals surface area contributed by atoms with Gasteiger partial charge in [0.1, 0.15) is 21.5 Å². The third kappa shape index (κ3) is 4.71. The fourth-order valence-corrected chi connectivity index (χ4v) is 3.35. The number of alkyl halides is 1. The maximum Gasteiger partial charge on any atom is 0.412 e. The van der Waals surface area contributed by atoms with E-state index < -0.39 is 17.7 Å². The smallest absolute Gasteiger partial charge is 0.412 e. The maximum absolute atomic E-state index is 11.9. The molecule has 120 valence electrons. The molecule has 0 radical (unpaired) electrons. The molecule has 1 N–H and O–H groups in total. The highest BCUT2D eigenvalue weighted by Gasteiger charge is 2.25. The van der Waals surface area contributed by atoms with E-state index in [4.69, 9.17) is 9.47 Å². The Hall–Kier alpha value is -1.59. The number of nitrogens with one attached hydrogen (secondary N) is 1. The first kappa shape index (κ1) is 18.5. The Morgan fingerprint density at radius 3 is 2.50 bits per heavy atom. The molecular formula is C14H17BrN2O4S. The highest BCUT2D eigenvalue weighted by molar-refractivity contribution is 9.08. The van der Waals surface area contributed by atoms with E-state index in [0.717, 1.165) is 11.3 Å². The van der Waals surface area contributed by atoms with E-state index in [9.17, 15) is 14.9 Å². The van der Waals surface area contributed by atoms with Crippen LogP contribution in [0.25, 0.3) is 0 Å². The van der Waals surface area contributed by atoms with Crippen LogP contribution in [0.5, 0.6) is 0 Å². The van der Waals surface area contributed by atoms with E-state index in [2.05, 4.69) is 21.2 Å². The number of amides is 1. The van der Waals surface area contributed by atoms with Crippen molar-refractivity contribution in [2.45, 2.75) is 38.6 Å². The highest BCUT2D eigenvalue weighted by Crippen LogP contribution is 2.35. The number of hydrogen-bond donors (Lipinski definition) is 1. The Labute approximate surface area is 141 Å². The lowest BCUT2D eigenvalue weighted by Crippen LogP contribution is -2.27. The number of ether oxygens (including phenoxy) is 2. The van der Waals surface area contributed by atoms with Crippen LogP contribution in [0.2, 0.25) is 0 Å². The molecule has 1 aromatic rings. The van der Waals surface area contributed by atoms with Gasteiger partial charge in [0.2, 0.25) is 0 Å². The van der Waals surface area contributed by atoms with Crippen molar-refractivity contribution >= 4 is 44.3 Å². The Balaban J connectivity index is 3.13. The zero-order valence-electron chi connectivity index (χ0n) is 12.8. The summed E-state index contributed by atoms with van der Waals surface area (Å²) >= 11 is 4.25. The molecule has 0 fully saturated rings. The van der Waals surface area contributed by atoms with Gasteiger partial charge in [-0.05, 0) is 27.7 Å². The first-order chi connectivity index (χ1) is 10.2.